The molecule has 2 rings (SSSR count). The molecule has 5 nitrogen and oxygen atoms in total. The van der Waals surface area contributed by atoms with Crippen molar-refractivity contribution in [1.29, 1.82) is 0 Å². The number of carbonyl (C=O) groups is 1. The molecular weight excluding hydrogens is 292 g/mol. The molecule has 0 spiro atoms. The van der Waals surface area contributed by atoms with Crippen LogP contribution in [-0.4, -0.2) is 11.0 Å². The lowest BCUT2D eigenvalue weighted by atomic mass is 10.2. The van der Waals surface area contributed by atoms with Crippen molar-refractivity contribution in [2.45, 2.75) is 26.5 Å². The maximum atomic E-state index is 11.4. The summed E-state index contributed by atoms with van der Waals surface area (Å²) in [5, 5.41) is 15.4. The van der Waals surface area contributed by atoms with E-state index in [-0.39, 0.29) is 12.5 Å². The lowest BCUT2D eigenvalue weighted by molar-refractivity contribution is -0.115. The molecule has 112 valence electrons. The normalized spacial score (nSPS) is 10.4. The molecule has 0 fully saturated rings. The summed E-state index contributed by atoms with van der Waals surface area (Å²) in [6.07, 6.45) is 0.418. The molecule has 0 saturated heterocycles. The molecule has 0 unspecified atom stereocenters. The first-order chi connectivity index (χ1) is 10.1. The Kier molecular flexibility index (Phi) is 5.25. The minimum atomic E-state index is -0.126. The summed E-state index contributed by atoms with van der Waals surface area (Å²) in [5.41, 5.74) is 1.39. The molecule has 0 aliphatic heterocycles. The number of hydrogen-bond donors (Lipinski definition) is 3. The highest BCUT2D eigenvalue weighted by Crippen LogP contribution is 2.26. The van der Waals surface area contributed by atoms with Crippen LogP contribution in [0.2, 0.25) is 5.02 Å². The quantitative estimate of drug-likeness (QED) is 0.764. The van der Waals surface area contributed by atoms with E-state index in [1.807, 2.05) is 0 Å². The van der Waals surface area contributed by atoms with Crippen LogP contribution < -0.4 is 10.6 Å². The van der Waals surface area contributed by atoms with Crippen molar-refractivity contribution < 1.29 is 14.3 Å². The van der Waals surface area contributed by atoms with E-state index in [9.17, 15) is 4.79 Å². The molecule has 1 aromatic heterocycles. The third-order valence-electron chi connectivity index (χ3n) is 2.90. The van der Waals surface area contributed by atoms with E-state index in [1.54, 1.807) is 37.3 Å². The van der Waals surface area contributed by atoms with Crippen molar-refractivity contribution in [1.82, 2.24) is 0 Å². The number of amides is 1. The second-order valence-electron chi connectivity index (χ2n) is 4.48. The van der Waals surface area contributed by atoms with E-state index in [1.165, 1.54) is 0 Å². The Bertz CT molecular complexity index is 625. The fourth-order valence-corrected chi connectivity index (χ4v) is 1.96. The van der Waals surface area contributed by atoms with Gasteiger partial charge in [0.25, 0.3) is 0 Å². The van der Waals surface area contributed by atoms with E-state index in [4.69, 9.17) is 21.1 Å². The molecule has 3 N–H and O–H groups in total. The summed E-state index contributed by atoms with van der Waals surface area (Å²) in [6.45, 7) is 2.10. The van der Waals surface area contributed by atoms with Crippen LogP contribution >= 0.6 is 11.6 Å². The Morgan fingerprint density at radius 3 is 2.71 bits per heavy atom. The highest BCUT2D eigenvalue weighted by atomic mass is 35.5. The molecule has 1 amide bonds. The Morgan fingerprint density at radius 2 is 2.05 bits per heavy atom. The number of aliphatic hydroxyl groups excluding tert-OH is 1. The van der Waals surface area contributed by atoms with Gasteiger partial charge in [0.2, 0.25) is 5.91 Å². The zero-order valence-corrected chi connectivity index (χ0v) is 12.4. The van der Waals surface area contributed by atoms with Crippen LogP contribution in [0.15, 0.2) is 34.7 Å². The van der Waals surface area contributed by atoms with Gasteiger partial charge in [0.1, 0.15) is 18.1 Å². The van der Waals surface area contributed by atoms with Gasteiger partial charge in [0, 0.05) is 12.1 Å². The molecule has 6 heteroatoms. The lowest BCUT2D eigenvalue weighted by Gasteiger charge is -2.10. The number of anilines is 2. The topological polar surface area (TPSA) is 74.5 Å². The fourth-order valence-electron chi connectivity index (χ4n) is 1.77. The average molecular weight is 309 g/mol. The fraction of sp³-hybridized carbons (Fsp3) is 0.267. The lowest BCUT2D eigenvalue weighted by Crippen LogP contribution is -2.09. The van der Waals surface area contributed by atoms with Crippen molar-refractivity contribution in [2.75, 3.05) is 10.6 Å². The van der Waals surface area contributed by atoms with Crippen LogP contribution in [0.3, 0.4) is 0 Å². The smallest absolute Gasteiger partial charge is 0.224 e. The second-order valence-corrected chi connectivity index (χ2v) is 4.88. The average Bonchev–Trinajstić information content (AvgIpc) is 2.95. The van der Waals surface area contributed by atoms with Crippen molar-refractivity contribution in [3.8, 4) is 0 Å². The summed E-state index contributed by atoms with van der Waals surface area (Å²) in [7, 11) is 0. The van der Waals surface area contributed by atoms with Gasteiger partial charge >= 0.3 is 0 Å². The molecule has 1 heterocycles. The first-order valence-corrected chi connectivity index (χ1v) is 7.02. The summed E-state index contributed by atoms with van der Waals surface area (Å²) in [4.78, 5) is 11.4. The molecule has 0 bridgehead atoms. The van der Waals surface area contributed by atoms with Gasteiger partial charge in [-0.1, -0.05) is 18.5 Å². The molecule has 0 atom stereocenters. The highest BCUT2D eigenvalue weighted by Gasteiger charge is 2.06. The van der Waals surface area contributed by atoms with Gasteiger partial charge in [0.05, 0.1) is 17.3 Å². The zero-order chi connectivity index (χ0) is 15.2. The summed E-state index contributed by atoms with van der Waals surface area (Å²) >= 11 is 6.12. The highest BCUT2D eigenvalue weighted by molar-refractivity contribution is 6.33. The van der Waals surface area contributed by atoms with Crippen LogP contribution in [-0.2, 0) is 17.9 Å². The molecule has 0 saturated carbocycles. The van der Waals surface area contributed by atoms with Crippen LogP contribution in [0.4, 0.5) is 11.4 Å². The Morgan fingerprint density at radius 1 is 1.29 bits per heavy atom. The minimum absolute atomic E-state index is 0.0538. The van der Waals surface area contributed by atoms with Gasteiger partial charge in [0.15, 0.2) is 0 Å². The van der Waals surface area contributed by atoms with Gasteiger partial charge in [-0.25, -0.2) is 0 Å². The Hall–Kier alpha value is -1.98. The largest absolute Gasteiger partial charge is 0.462 e. The number of rotatable bonds is 6. The number of halogens is 1. The molecule has 0 aliphatic carbocycles. The number of carbonyl (C=O) groups excluding carboxylic acids is 1. The summed E-state index contributed by atoms with van der Waals surface area (Å²) < 4.78 is 5.38. The first kappa shape index (κ1) is 15.4. The maximum Gasteiger partial charge on any atom is 0.224 e. The Balaban J connectivity index is 2.04. The minimum Gasteiger partial charge on any atom is -0.462 e. The standard InChI is InChI=1S/C15H17ClN2O3/c1-2-15(20)18-10-3-6-13(16)14(7-10)17-8-11-4-5-12(9-19)21-11/h3-7,17,19H,2,8-9H2,1H3,(H,18,20). The van der Waals surface area contributed by atoms with Crippen LogP contribution in [0.25, 0.3) is 0 Å². The third kappa shape index (κ3) is 4.24. The number of aliphatic hydroxyl groups is 1. The zero-order valence-electron chi connectivity index (χ0n) is 11.6. The molecular formula is C15H17ClN2O3. The molecule has 2 aromatic rings. The van der Waals surface area contributed by atoms with Crippen LogP contribution in [0, 0.1) is 0 Å². The SMILES string of the molecule is CCC(=O)Nc1ccc(Cl)c(NCc2ccc(CO)o2)c1. The van der Waals surface area contributed by atoms with Gasteiger partial charge < -0.3 is 20.2 Å². The van der Waals surface area contributed by atoms with E-state index in [2.05, 4.69) is 10.6 Å². The van der Waals surface area contributed by atoms with E-state index in [0.29, 0.717) is 40.9 Å². The van der Waals surface area contributed by atoms with Crippen molar-refractivity contribution in [3.63, 3.8) is 0 Å². The molecule has 0 aliphatic rings. The monoisotopic (exact) mass is 308 g/mol. The molecule has 0 radical (unpaired) electrons. The maximum absolute atomic E-state index is 11.4. The predicted molar refractivity (Wildman–Crippen MR) is 82.3 cm³/mol. The van der Waals surface area contributed by atoms with E-state index in [0.717, 1.165) is 0 Å². The summed E-state index contributed by atoms with van der Waals surface area (Å²) in [6, 6.07) is 8.74. The number of hydrogen-bond acceptors (Lipinski definition) is 4. The second kappa shape index (κ2) is 7.15. The predicted octanol–water partition coefficient (Wildman–Crippen LogP) is 3.39. The molecule has 1 aromatic carbocycles. The van der Waals surface area contributed by atoms with Gasteiger partial charge in [-0.05, 0) is 30.3 Å². The van der Waals surface area contributed by atoms with E-state index >= 15 is 0 Å². The third-order valence-corrected chi connectivity index (χ3v) is 3.23. The van der Waals surface area contributed by atoms with Gasteiger partial charge in [-0.3, -0.25) is 4.79 Å². The van der Waals surface area contributed by atoms with E-state index < -0.39 is 0 Å². The van der Waals surface area contributed by atoms with Gasteiger partial charge in [-0.2, -0.15) is 0 Å². The summed E-state index contributed by atoms with van der Waals surface area (Å²) in [5.74, 6) is 1.15. The number of furan rings is 1. The van der Waals surface area contributed by atoms with Crippen molar-refractivity contribution in [3.05, 3.63) is 46.9 Å². The van der Waals surface area contributed by atoms with Crippen molar-refractivity contribution in [2.24, 2.45) is 0 Å². The number of nitrogens with one attached hydrogen (secondary N) is 2. The Labute approximate surface area is 127 Å². The van der Waals surface area contributed by atoms with Gasteiger partial charge in [-0.15, -0.1) is 0 Å². The first-order valence-electron chi connectivity index (χ1n) is 6.64. The van der Waals surface area contributed by atoms with Crippen LogP contribution in [0.5, 0.6) is 0 Å². The molecule has 21 heavy (non-hydrogen) atoms. The number of benzene rings is 1. The van der Waals surface area contributed by atoms with Crippen molar-refractivity contribution >= 4 is 28.9 Å². The van der Waals surface area contributed by atoms with Crippen LogP contribution in [0.1, 0.15) is 24.9 Å².